The van der Waals surface area contributed by atoms with Gasteiger partial charge in [0.2, 0.25) is 5.91 Å². The average molecular weight is 498 g/mol. The van der Waals surface area contributed by atoms with E-state index in [0.29, 0.717) is 34.7 Å². The molecule has 0 aliphatic heterocycles. The number of nitrogens with zero attached hydrogens (tertiary/aromatic N) is 1. The van der Waals surface area contributed by atoms with Gasteiger partial charge in [0.15, 0.2) is 10.4 Å². The zero-order valence-corrected chi connectivity index (χ0v) is 19.4. The van der Waals surface area contributed by atoms with Gasteiger partial charge in [-0.3, -0.25) is 14.4 Å². The number of hydrogen-bond acceptors (Lipinski definition) is 4. The molecular formula is C24H24BrN3O4. The summed E-state index contributed by atoms with van der Waals surface area (Å²) in [5, 5.41) is 5.57. The van der Waals surface area contributed by atoms with Crippen molar-refractivity contribution >= 4 is 45.0 Å². The SMILES string of the molecule is CCN(CC)C(=O)c1cccc(NC(=O)Cc2ccc(NC(=O)c3ccc(Br)o3)cc2)c1. The second-order valence-electron chi connectivity index (χ2n) is 7.04. The van der Waals surface area contributed by atoms with Crippen LogP contribution in [0.3, 0.4) is 0 Å². The molecule has 1 aromatic heterocycles. The second-order valence-corrected chi connectivity index (χ2v) is 7.82. The molecule has 0 aliphatic carbocycles. The Morgan fingerprint density at radius 1 is 0.906 bits per heavy atom. The van der Waals surface area contributed by atoms with E-state index in [2.05, 4.69) is 26.6 Å². The number of anilines is 2. The van der Waals surface area contributed by atoms with Crippen molar-refractivity contribution in [1.29, 1.82) is 0 Å². The topological polar surface area (TPSA) is 91.7 Å². The quantitative estimate of drug-likeness (QED) is 0.460. The fourth-order valence-electron chi connectivity index (χ4n) is 3.15. The molecule has 32 heavy (non-hydrogen) atoms. The normalized spacial score (nSPS) is 10.5. The molecule has 0 spiro atoms. The molecule has 0 saturated heterocycles. The molecule has 0 atom stereocenters. The minimum absolute atomic E-state index is 0.0642. The first kappa shape index (κ1) is 23.3. The molecule has 0 fully saturated rings. The fraction of sp³-hybridized carbons (Fsp3) is 0.208. The van der Waals surface area contributed by atoms with Crippen LogP contribution in [0.2, 0.25) is 0 Å². The number of carbonyl (C=O) groups excluding carboxylic acids is 3. The smallest absolute Gasteiger partial charge is 0.291 e. The summed E-state index contributed by atoms with van der Waals surface area (Å²) in [5.41, 5.74) is 2.49. The Labute approximate surface area is 194 Å². The molecule has 0 unspecified atom stereocenters. The van der Waals surface area contributed by atoms with Crippen molar-refractivity contribution in [2.45, 2.75) is 20.3 Å². The van der Waals surface area contributed by atoms with Crippen LogP contribution in [0.4, 0.5) is 11.4 Å². The van der Waals surface area contributed by atoms with Crippen LogP contribution in [0.1, 0.15) is 40.3 Å². The van der Waals surface area contributed by atoms with Crippen LogP contribution < -0.4 is 10.6 Å². The maximum Gasteiger partial charge on any atom is 0.291 e. The third kappa shape index (κ3) is 6.07. The van der Waals surface area contributed by atoms with Crippen molar-refractivity contribution in [1.82, 2.24) is 4.90 Å². The molecule has 3 amide bonds. The largest absolute Gasteiger partial charge is 0.444 e. The van der Waals surface area contributed by atoms with Gasteiger partial charge in [0.05, 0.1) is 6.42 Å². The van der Waals surface area contributed by atoms with Gasteiger partial charge in [0, 0.05) is 30.0 Å². The molecule has 0 bridgehead atoms. The van der Waals surface area contributed by atoms with E-state index in [1.165, 1.54) is 0 Å². The number of rotatable bonds is 8. The summed E-state index contributed by atoms with van der Waals surface area (Å²) in [6, 6.07) is 17.1. The van der Waals surface area contributed by atoms with Crippen molar-refractivity contribution in [3.63, 3.8) is 0 Å². The third-order valence-electron chi connectivity index (χ3n) is 4.82. The number of hydrogen-bond donors (Lipinski definition) is 2. The second kappa shape index (κ2) is 10.8. The van der Waals surface area contributed by atoms with Crippen LogP contribution in [0, 0.1) is 0 Å². The van der Waals surface area contributed by atoms with Gasteiger partial charge in [0.1, 0.15) is 0 Å². The summed E-state index contributed by atoms with van der Waals surface area (Å²) in [6.45, 7) is 5.11. The van der Waals surface area contributed by atoms with Crippen molar-refractivity contribution in [2.75, 3.05) is 23.7 Å². The summed E-state index contributed by atoms with van der Waals surface area (Å²) in [6.07, 6.45) is 0.160. The van der Waals surface area contributed by atoms with Gasteiger partial charge >= 0.3 is 0 Å². The van der Waals surface area contributed by atoms with E-state index in [-0.39, 0.29) is 29.9 Å². The van der Waals surface area contributed by atoms with E-state index in [1.54, 1.807) is 65.6 Å². The summed E-state index contributed by atoms with van der Waals surface area (Å²) in [4.78, 5) is 38.8. The maximum atomic E-state index is 12.5. The fourth-order valence-corrected chi connectivity index (χ4v) is 3.46. The van der Waals surface area contributed by atoms with Crippen LogP contribution in [0.25, 0.3) is 0 Å². The molecule has 2 aromatic carbocycles. The van der Waals surface area contributed by atoms with Gasteiger partial charge in [-0.25, -0.2) is 0 Å². The number of benzene rings is 2. The molecule has 166 valence electrons. The highest BCUT2D eigenvalue weighted by Crippen LogP contribution is 2.17. The van der Waals surface area contributed by atoms with Crippen molar-refractivity contribution in [3.05, 3.63) is 82.2 Å². The lowest BCUT2D eigenvalue weighted by atomic mass is 10.1. The molecule has 0 aliphatic rings. The van der Waals surface area contributed by atoms with Crippen molar-refractivity contribution in [3.8, 4) is 0 Å². The monoisotopic (exact) mass is 497 g/mol. The minimum atomic E-state index is -0.361. The predicted molar refractivity (Wildman–Crippen MR) is 127 cm³/mol. The van der Waals surface area contributed by atoms with Gasteiger partial charge in [-0.2, -0.15) is 0 Å². The Hall–Kier alpha value is -3.39. The molecule has 7 nitrogen and oxygen atoms in total. The highest BCUT2D eigenvalue weighted by atomic mass is 79.9. The van der Waals surface area contributed by atoms with E-state index in [4.69, 9.17) is 4.42 Å². The summed E-state index contributed by atoms with van der Waals surface area (Å²) >= 11 is 3.16. The molecule has 3 aromatic rings. The van der Waals surface area contributed by atoms with E-state index < -0.39 is 0 Å². The van der Waals surface area contributed by atoms with Crippen LogP contribution in [0.5, 0.6) is 0 Å². The summed E-state index contributed by atoms with van der Waals surface area (Å²) in [5.74, 6) is -0.428. The van der Waals surface area contributed by atoms with E-state index in [1.807, 2.05) is 13.8 Å². The van der Waals surface area contributed by atoms with E-state index in [0.717, 1.165) is 5.56 Å². The predicted octanol–water partition coefficient (Wildman–Crippen LogP) is 4.96. The minimum Gasteiger partial charge on any atom is -0.444 e. The maximum absolute atomic E-state index is 12.5. The molecule has 1 heterocycles. The Bertz CT molecular complexity index is 1100. The highest BCUT2D eigenvalue weighted by Gasteiger charge is 2.14. The molecular weight excluding hydrogens is 474 g/mol. The van der Waals surface area contributed by atoms with Gasteiger partial charge in [-0.15, -0.1) is 0 Å². The third-order valence-corrected chi connectivity index (χ3v) is 5.24. The zero-order chi connectivity index (χ0) is 23.1. The zero-order valence-electron chi connectivity index (χ0n) is 17.9. The lowest BCUT2D eigenvalue weighted by molar-refractivity contribution is -0.115. The van der Waals surface area contributed by atoms with Crippen LogP contribution in [-0.2, 0) is 11.2 Å². The molecule has 0 saturated carbocycles. The van der Waals surface area contributed by atoms with E-state index >= 15 is 0 Å². The average Bonchev–Trinajstić information content (AvgIpc) is 3.22. The van der Waals surface area contributed by atoms with Gasteiger partial charge < -0.3 is 20.0 Å². The van der Waals surface area contributed by atoms with Gasteiger partial charge in [-0.1, -0.05) is 18.2 Å². The number of nitrogens with one attached hydrogen (secondary N) is 2. The van der Waals surface area contributed by atoms with Gasteiger partial charge in [-0.05, 0) is 77.8 Å². The van der Waals surface area contributed by atoms with Crippen LogP contribution >= 0.6 is 15.9 Å². The molecule has 0 radical (unpaired) electrons. The van der Waals surface area contributed by atoms with Gasteiger partial charge in [0.25, 0.3) is 11.8 Å². The van der Waals surface area contributed by atoms with Crippen molar-refractivity contribution < 1.29 is 18.8 Å². The lowest BCUT2D eigenvalue weighted by Crippen LogP contribution is -2.30. The Balaban J connectivity index is 1.57. The van der Waals surface area contributed by atoms with E-state index in [9.17, 15) is 14.4 Å². The Morgan fingerprint density at radius 3 is 2.25 bits per heavy atom. The first-order chi connectivity index (χ1) is 15.4. The molecule has 2 N–H and O–H groups in total. The Morgan fingerprint density at radius 2 is 1.62 bits per heavy atom. The lowest BCUT2D eigenvalue weighted by Gasteiger charge is -2.19. The number of carbonyl (C=O) groups is 3. The summed E-state index contributed by atoms with van der Waals surface area (Å²) < 4.78 is 5.71. The number of halogens is 1. The molecule has 3 rings (SSSR count). The van der Waals surface area contributed by atoms with Crippen LogP contribution in [-0.4, -0.2) is 35.7 Å². The van der Waals surface area contributed by atoms with Crippen molar-refractivity contribution in [2.24, 2.45) is 0 Å². The molecule has 8 heteroatoms. The Kier molecular flexibility index (Phi) is 7.83. The number of furan rings is 1. The summed E-state index contributed by atoms with van der Waals surface area (Å²) in [7, 11) is 0. The first-order valence-electron chi connectivity index (χ1n) is 10.2. The van der Waals surface area contributed by atoms with Crippen LogP contribution in [0.15, 0.2) is 69.8 Å². The highest BCUT2D eigenvalue weighted by molar-refractivity contribution is 9.10. The number of amides is 3. The first-order valence-corrected chi connectivity index (χ1v) is 11.0. The standard InChI is InChI=1S/C24H24BrN3O4/c1-3-28(4-2)24(31)17-6-5-7-19(15-17)26-22(29)14-16-8-10-18(11-9-16)27-23(30)20-12-13-21(25)32-20/h5-13,15H,3-4,14H2,1-2H3,(H,26,29)(H,27,30).